The normalized spacial score (nSPS) is 15.0. The van der Waals surface area contributed by atoms with Crippen LogP contribution in [0.3, 0.4) is 0 Å². The number of allylic oxidation sites excluding steroid dienone is 1. The van der Waals surface area contributed by atoms with Crippen LogP contribution in [0.5, 0.6) is 5.88 Å². The summed E-state index contributed by atoms with van der Waals surface area (Å²) in [4.78, 5) is 14.3. The molecule has 0 unspecified atom stereocenters. The number of nitrogens with one attached hydrogen (secondary N) is 1. The fraction of sp³-hybridized carbons (Fsp3) is 0.0500. The number of pyridine rings is 1. The molecule has 1 aromatic heterocycles. The van der Waals surface area contributed by atoms with Crippen LogP contribution >= 0.6 is 0 Å². The quantitative estimate of drug-likeness (QED) is 0.724. The van der Waals surface area contributed by atoms with Crippen molar-refractivity contribution in [3.63, 3.8) is 0 Å². The molecule has 1 heterocycles. The number of rotatable bonds is 1. The molecule has 0 aliphatic heterocycles. The Morgan fingerprint density at radius 1 is 1.09 bits per heavy atom. The molecule has 0 fully saturated rings. The number of fused-ring (bicyclic) bond motifs is 2. The smallest absolute Gasteiger partial charge is 0.258 e. The van der Waals surface area contributed by atoms with E-state index in [-0.39, 0.29) is 11.4 Å². The molecule has 2 aromatic carbocycles. The second kappa shape index (κ2) is 5.29. The summed E-state index contributed by atoms with van der Waals surface area (Å²) in [5, 5.41) is 13.4. The molecule has 1 aliphatic rings. The van der Waals surface area contributed by atoms with E-state index in [1.165, 1.54) is 10.8 Å². The first kappa shape index (κ1) is 13.6. The van der Waals surface area contributed by atoms with Gasteiger partial charge in [-0.05, 0) is 33.5 Å². The Morgan fingerprint density at radius 3 is 2.83 bits per heavy atom. The SMILES string of the molecule is O=c1[nH]c(O)cc2c1=CCC(=Cc1cccc3ccccc13)C=2. The molecule has 0 spiro atoms. The summed E-state index contributed by atoms with van der Waals surface area (Å²) in [7, 11) is 0. The summed E-state index contributed by atoms with van der Waals surface area (Å²) in [5.41, 5.74) is 2.01. The molecular formula is C20H15NO2. The van der Waals surface area contributed by atoms with Gasteiger partial charge in [0.05, 0.1) is 0 Å². The van der Waals surface area contributed by atoms with E-state index in [1.54, 1.807) is 6.07 Å². The van der Waals surface area contributed by atoms with Crippen LogP contribution < -0.4 is 16.0 Å². The minimum absolute atomic E-state index is 0.107. The second-order valence-corrected chi connectivity index (χ2v) is 5.69. The molecular weight excluding hydrogens is 286 g/mol. The van der Waals surface area contributed by atoms with Crippen molar-refractivity contribution in [2.24, 2.45) is 0 Å². The first-order valence-electron chi connectivity index (χ1n) is 7.53. The van der Waals surface area contributed by atoms with Gasteiger partial charge in [-0.2, -0.15) is 0 Å². The van der Waals surface area contributed by atoms with Gasteiger partial charge in [0.1, 0.15) is 0 Å². The number of hydrogen-bond donors (Lipinski definition) is 2. The fourth-order valence-electron chi connectivity index (χ4n) is 3.06. The number of aromatic hydroxyl groups is 1. The Hall–Kier alpha value is -3.07. The maximum atomic E-state index is 11.8. The average Bonchev–Trinajstić information content (AvgIpc) is 2.55. The van der Waals surface area contributed by atoms with Gasteiger partial charge in [-0.3, -0.25) is 9.78 Å². The summed E-state index contributed by atoms with van der Waals surface area (Å²) >= 11 is 0. The van der Waals surface area contributed by atoms with Crippen LogP contribution in [-0.2, 0) is 0 Å². The van der Waals surface area contributed by atoms with Crippen LogP contribution in [0.2, 0.25) is 0 Å². The molecule has 2 N–H and O–H groups in total. The van der Waals surface area contributed by atoms with Crippen LogP contribution in [0.4, 0.5) is 0 Å². The third kappa shape index (κ3) is 2.46. The van der Waals surface area contributed by atoms with Gasteiger partial charge in [0.25, 0.3) is 5.56 Å². The van der Waals surface area contributed by atoms with Crippen LogP contribution in [0.25, 0.3) is 29.0 Å². The van der Waals surface area contributed by atoms with Crippen molar-refractivity contribution >= 4 is 29.0 Å². The number of H-pyrrole nitrogens is 1. The zero-order valence-corrected chi connectivity index (χ0v) is 12.4. The fourth-order valence-corrected chi connectivity index (χ4v) is 3.06. The van der Waals surface area contributed by atoms with Crippen molar-refractivity contribution < 1.29 is 5.11 Å². The Labute approximate surface area is 132 Å². The third-order valence-electron chi connectivity index (χ3n) is 4.14. The lowest BCUT2D eigenvalue weighted by molar-refractivity contribution is 0.450. The summed E-state index contributed by atoms with van der Waals surface area (Å²) in [6, 6.07) is 16.1. The standard InChI is InChI=1S/C20H15NO2/c22-19-12-16-11-13(8-9-18(16)20(23)21-19)10-15-6-3-5-14-4-1-2-7-17(14)15/h1-7,9-12,22H,8H2,(H,21,23). The summed E-state index contributed by atoms with van der Waals surface area (Å²) in [5.74, 6) is -0.107. The van der Waals surface area contributed by atoms with Gasteiger partial charge in [0.15, 0.2) is 5.88 Å². The highest BCUT2D eigenvalue weighted by Gasteiger charge is 2.05. The molecule has 0 saturated heterocycles. The zero-order chi connectivity index (χ0) is 15.8. The molecule has 23 heavy (non-hydrogen) atoms. The molecule has 0 saturated carbocycles. The van der Waals surface area contributed by atoms with Crippen LogP contribution in [0.15, 0.2) is 58.9 Å². The van der Waals surface area contributed by atoms with Crippen molar-refractivity contribution in [1.29, 1.82) is 0 Å². The van der Waals surface area contributed by atoms with Gasteiger partial charge in [-0.15, -0.1) is 0 Å². The lowest BCUT2D eigenvalue weighted by Gasteiger charge is -2.07. The van der Waals surface area contributed by atoms with Gasteiger partial charge in [0.2, 0.25) is 0 Å². The molecule has 0 atom stereocenters. The predicted molar refractivity (Wildman–Crippen MR) is 93.4 cm³/mol. The monoisotopic (exact) mass is 301 g/mol. The van der Waals surface area contributed by atoms with E-state index in [0.29, 0.717) is 11.6 Å². The average molecular weight is 301 g/mol. The van der Waals surface area contributed by atoms with Crippen LogP contribution in [0.1, 0.15) is 12.0 Å². The Kier molecular flexibility index (Phi) is 3.12. The van der Waals surface area contributed by atoms with E-state index in [0.717, 1.165) is 16.4 Å². The van der Waals surface area contributed by atoms with E-state index in [9.17, 15) is 9.90 Å². The lowest BCUT2D eigenvalue weighted by Crippen LogP contribution is -2.41. The zero-order valence-electron chi connectivity index (χ0n) is 12.4. The van der Waals surface area contributed by atoms with Crippen molar-refractivity contribution in [3.8, 4) is 5.88 Å². The first-order chi connectivity index (χ1) is 11.2. The highest BCUT2D eigenvalue weighted by atomic mass is 16.3. The van der Waals surface area contributed by atoms with E-state index in [2.05, 4.69) is 35.3 Å². The maximum Gasteiger partial charge on any atom is 0.258 e. The van der Waals surface area contributed by atoms with Gasteiger partial charge in [0, 0.05) is 11.3 Å². The topological polar surface area (TPSA) is 53.1 Å². The first-order valence-corrected chi connectivity index (χ1v) is 7.53. The number of hydrogen-bond acceptors (Lipinski definition) is 2. The predicted octanol–water partition coefficient (Wildman–Crippen LogP) is 2.28. The van der Waals surface area contributed by atoms with E-state index in [1.807, 2.05) is 30.4 Å². The molecule has 1 aliphatic carbocycles. The lowest BCUT2D eigenvalue weighted by atomic mass is 9.98. The molecule has 3 nitrogen and oxygen atoms in total. The minimum Gasteiger partial charge on any atom is -0.494 e. The van der Waals surface area contributed by atoms with Crippen molar-refractivity contribution in [1.82, 2.24) is 4.98 Å². The molecule has 0 bridgehead atoms. The molecule has 0 radical (unpaired) electrons. The molecule has 3 heteroatoms. The molecule has 112 valence electrons. The maximum absolute atomic E-state index is 11.8. The van der Waals surface area contributed by atoms with Gasteiger partial charge in [-0.1, -0.05) is 60.7 Å². The van der Waals surface area contributed by atoms with E-state index in [4.69, 9.17) is 0 Å². The molecule has 3 aromatic rings. The van der Waals surface area contributed by atoms with E-state index < -0.39 is 0 Å². The summed E-state index contributed by atoms with van der Waals surface area (Å²) < 4.78 is 0. The van der Waals surface area contributed by atoms with Crippen LogP contribution in [-0.4, -0.2) is 10.1 Å². The highest BCUT2D eigenvalue weighted by Crippen LogP contribution is 2.22. The summed E-state index contributed by atoms with van der Waals surface area (Å²) in [6.07, 6.45) is 6.71. The summed E-state index contributed by atoms with van der Waals surface area (Å²) in [6.45, 7) is 0. The highest BCUT2D eigenvalue weighted by molar-refractivity contribution is 5.92. The number of aromatic nitrogens is 1. The third-order valence-corrected chi connectivity index (χ3v) is 4.14. The van der Waals surface area contributed by atoms with Gasteiger partial charge >= 0.3 is 0 Å². The van der Waals surface area contributed by atoms with Gasteiger partial charge in [-0.25, -0.2) is 0 Å². The molecule has 4 rings (SSSR count). The largest absolute Gasteiger partial charge is 0.494 e. The molecule has 0 amide bonds. The van der Waals surface area contributed by atoms with Crippen molar-refractivity contribution in [2.45, 2.75) is 6.42 Å². The Bertz CT molecular complexity index is 1120. The number of aromatic amines is 1. The Balaban J connectivity index is 1.89. The van der Waals surface area contributed by atoms with Crippen molar-refractivity contribution in [3.05, 3.63) is 80.5 Å². The number of benzene rings is 2. The van der Waals surface area contributed by atoms with Crippen molar-refractivity contribution in [2.75, 3.05) is 0 Å². The van der Waals surface area contributed by atoms with E-state index >= 15 is 0 Å². The second-order valence-electron chi connectivity index (χ2n) is 5.69. The minimum atomic E-state index is -0.250. The Morgan fingerprint density at radius 2 is 1.91 bits per heavy atom. The van der Waals surface area contributed by atoms with Gasteiger partial charge < -0.3 is 5.11 Å². The van der Waals surface area contributed by atoms with Crippen LogP contribution in [0, 0.1) is 0 Å².